The molecular weight excluding hydrogens is 254 g/mol. The first-order chi connectivity index (χ1) is 9.56. The smallest absolute Gasteiger partial charge is 0.308 e. The highest BCUT2D eigenvalue weighted by Gasteiger charge is 2.35. The van der Waals surface area contributed by atoms with Crippen LogP contribution in [0.4, 0.5) is 0 Å². The van der Waals surface area contributed by atoms with Crippen LogP contribution >= 0.6 is 0 Å². The second-order valence-corrected chi connectivity index (χ2v) is 5.70. The van der Waals surface area contributed by atoms with Gasteiger partial charge in [0.2, 0.25) is 0 Å². The zero-order chi connectivity index (χ0) is 14.7. The van der Waals surface area contributed by atoms with Gasteiger partial charge in [-0.1, -0.05) is 13.8 Å². The first kappa shape index (κ1) is 15.0. The Bertz CT molecular complexity index is 454. The Morgan fingerprint density at radius 1 is 1.50 bits per heavy atom. The topological polar surface area (TPSA) is 58.4 Å². The van der Waals surface area contributed by atoms with Crippen LogP contribution in [0, 0.1) is 5.92 Å². The van der Waals surface area contributed by atoms with Crippen molar-refractivity contribution in [2.24, 2.45) is 5.92 Å². The van der Waals surface area contributed by atoms with E-state index in [-0.39, 0.29) is 12.0 Å². The molecule has 2 rings (SSSR count). The van der Waals surface area contributed by atoms with Crippen molar-refractivity contribution in [3.05, 3.63) is 18.0 Å². The number of rotatable bonds is 6. The highest BCUT2D eigenvalue weighted by molar-refractivity contribution is 5.71. The van der Waals surface area contributed by atoms with Crippen molar-refractivity contribution in [1.82, 2.24) is 14.7 Å². The van der Waals surface area contributed by atoms with Crippen molar-refractivity contribution in [3.63, 3.8) is 0 Å². The molecule has 5 heteroatoms. The normalized spacial score (nSPS) is 23.6. The van der Waals surface area contributed by atoms with Crippen molar-refractivity contribution in [2.45, 2.75) is 58.7 Å². The third-order valence-corrected chi connectivity index (χ3v) is 4.55. The van der Waals surface area contributed by atoms with Crippen LogP contribution in [0.25, 0.3) is 0 Å². The molecule has 1 aliphatic heterocycles. The van der Waals surface area contributed by atoms with Gasteiger partial charge in [-0.2, -0.15) is 5.10 Å². The summed E-state index contributed by atoms with van der Waals surface area (Å²) in [6.07, 6.45) is 4.95. The largest absolute Gasteiger partial charge is 0.481 e. The molecule has 2 heterocycles. The van der Waals surface area contributed by atoms with Gasteiger partial charge in [-0.05, 0) is 38.8 Å². The van der Waals surface area contributed by atoms with Gasteiger partial charge < -0.3 is 5.11 Å². The third kappa shape index (κ3) is 3.03. The van der Waals surface area contributed by atoms with Gasteiger partial charge in [0.05, 0.1) is 17.7 Å². The van der Waals surface area contributed by atoms with Crippen LogP contribution in [0.5, 0.6) is 0 Å². The molecule has 0 amide bonds. The summed E-state index contributed by atoms with van der Waals surface area (Å²) in [5, 5.41) is 13.8. The molecule has 1 N–H and O–H groups in total. The number of carboxylic acid groups (broad SMARTS) is 1. The number of carbonyl (C=O) groups is 1. The quantitative estimate of drug-likeness (QED) is 0.869. The summed E-state index contributed by atoms with van der Waals surface area (Å²) in [5.74, 6) is -0.918. The van der Waals surface area contributed by atoms with E-state index in [1.54, 1.807) is 0 Å². The molecule has 1 aliphatic rings. The van der Waals surface area contributed by atoms with Gasteiger partial charge in [-0.3, -0.25) is 14.4 Å². The monoisotopic (exact) mass is 279 g/mol. The molecule has 2 atom stereocenters. The number of likely N-dealkylation sites (tertiary alicyclic amines) is 1. The van der Waals surface area contributed by atoms with Crippen molar-refractivity contribution in [1.29, 1.82) is 0 Å². The number of aromatic nitrogens is 2. The second-order valence-electron chi connectivity index (χ2n) is 5.70. The fourth-order valence-corrected chi connectivity index (χ4v) is 3.09. The van der Waals surface area contributed by atoms with E-state index in [4.69, 9.17) is 5.11 Å². The van der Waals surface area contributed by atoms with Gasteiger partial charge >= 0.3 is 5.97 Å². The van der Waals surface area contributed by atoms with Crippen LogP contribution in [0.15, 0.2) is 12.3 Å². The zero-order valence-corrected chi connectivity index (χ0v) is 12.6. The highest BCUT2D eigenvalue weighted by atomic mass is 16.4. The Morgan fingerprint density at radius 3 is 2.75 bits per heavy atom. The maximum atomic E-state index is 11.1. The maximum Gasteiger partial charge on any atom is 0.308 e. The molecule has 112 valence electrons. The highest BCUT2D eigenvalue weighted by Crippen LogP contribution is 2.26. The molecule has 0 spiro atoms. The molecule has 0 radical (unpaired) electrons. The van der Waals surface area contributed by atoms with E-state index >= 15 is 0 Å². The van der Waals surface area contributed by atoms with Crippen LogP contribution in [0.1, 0.15) is 51.8 Å². The average molecular weight is 279 g/mol. The molecule has 1 aromatic rings. The summed E-state index contributed by atoms with van der Waals surface area (Å²) in [7, 11) is 0. The number of aliphatic carboxylic acids is 1. The minimum Gasteiger partial charge on any atom is -0.481 e. The fourth-order valence-electron chi connectivity index (χ4n) is 3.09. The van der Waals surface area contributed by atoms with E-state index in [9.17, 15) is 4.79 Å². The Labute approximate surface area is 120 Å². The predicted molar refractivity (Wildman–Crippen MR) is 77.5 cm³/mol. The molecule has 1 fully saturated rings. The van der Waals surface area contributed by atoms with Crippen molar-refractivity contribution in [3.8, 4) is 0 Å². The Hall–Kier alpha value is -1.36. The van der Waals surface area contributed by atoms with Crippen molar-refractivity contribution < 1.29 is 9.90 Å². The second kappa shape index (κ2) is 6.39. The lowest BCUT2D eigenvalue weighted by Gasteiger charge is -2.22. The maximum absolute atomic E-state index is 11.1. The van der Waals surface area contributed by atoms with Gasteiger partial charge in [-0.25, -0.2) is 0 Å². The minimum absolute atomic E-state index is 0.0887. The minimum atomic E-state index is -0.678. The lowest BCUT2D eigenvalue weighted by atomic mass is 10.0. The standard InChI is InChI=1S/C15H25N3O2/c1-4-13(5-2)18-9-6-12(16-18)10-17-8-7-14(11(17)3)15(19)20/h6,9,11,13-14H,4-5,7-8,10H2,1-3H3,(H,19,20). The number of nitrogens with zero attached hydrogens (tertiary/aromatic N) is 3. The first-order valence-corrected chi connectivity index (χ1v) is 7.57. The third-order valence-electron chi connectivity index (χ3n) is 4.55. The number of hydrogen-bond acceptors (Lipinski definition) is 3. The van der Waals surface area contributed by atoms with Crippen LogP contribution in [-0.4, -0.2) is 38.3 Å². The van der Waals surface area contributed by atoms with Gasteiger partial charge in [0.1, 0.15) is 0 Å². The zero-order valence-electron chi connectivity index (χ0n) is 12.6. The van der Waals surface area contributed by atoms with E-state index in [0.29, 0.717) is 6.04 Å². The lowest BCUT2D eigenvalue weighted by Crippen LogP contribution is -2.32. The van der Waals surface area contributed by atoms with Crippen molar-refractivity contribution in [2.75, 3.05) is 6.54 Å². The van der Waals surface area contributed by atoms with Gasteiger partial charge in [-0.15, -0.1) is 0 Å². The van der Waals surface area contributed by atoms with E-state index < -0.39 is 5.97 Å². The molecule has 0 bridgehead atoms. The first-order valence-electron chi connectivity index (χ1n) is 7.57. The van der Waals surface area contributed by atoms with Crippen LogP contribution in [0.3, 0.4) is 0 Å². The Kier molecular flexibility index (Phi) is 4.81. The summed E-state index contributed by atoms with van der Waals surface area (Å²) >= 11 is 0. The van der Waals surface area contributed by atoms with E-state index in [1.165, 1.54) is 0 Å². The molecule has 0 aromatic carbocycles. The van der Waals surface area contributed by atoms with E-state index in [2.05, 4.69) is 29.9 Å². The van der Waals surface area contributed by atoms with E-state index in [0.717, 1.165) is 38.0 Å². The molecule has 1 aromatic heterocycles. The van der Waals surface area contributed by atoms with Crippen LogP contribution < -0.4 is 0 Å². The molecular formula is C15H25N3O2. The molecule has 20 heavy (non-hydrogen) atoms. The van der Waals surface area contributed by atoms with Gasteiger partial charge in [0.15, 0.2) is 0 Å². The van der Waals surface area contributed by atoms with Gasteiger partial charge in [0.25, 0.3) is 0 Å². The summed E-state index contributed by atoms with van der Waals surface area (Å²) in [4.78, 5) is 13.4. The predicted octanol–water partition coefficient (Wildman–Crippen LogP) is 2.54. The average Bonchev–Trinajstić information content (AvgIpc) is 3.00. The van der Waals surface area contributed by atoms with Crippen LogP contribution in [0.2, 0.25) is 0 Å². The van der Waals surface area contributed by atoms with Crippen LogP contribution in [-0.2, 0) is 11.3 Å². The Balaban J connectivity index is 1.99. The molecule has 5 nitrogen and oxygen atoms in total. The lowest BCUT2D eigenvalue weighted by molar-refractivity contribution is -0.142. The molecule has 0 saturated carbocycles. The summed E-state index contributed by atoms with van der Waals surface area (Å²) in [5.41, 5.74) is 1.04. The summed E-state index contributed by atoms with van der Waals surface area (Å²) in [6, 6.07) is 2.61. The van der Waals surface area contributed by atoms with Crippen molar-refractivity contribution >= 4 is 5.97 Å². The number of carboxylic acids is 1. The summed E-state index contributed by atoms with van der Waals surface area (Å²) < 4.78 is 2.05. The molecule has 2 unspecified atom stereocenters. The fraction of sp³-hybridized carbons (Fsp3) is 0.733. The molecule has 0 aliphatic carbocycles. The Morgan fingerprint density at radius 2 is 2.20 bits per heavy atom. The summed E-state index contributed by atoms with van der Waals surface area (Å²) in [6.45, 7) is 7.95. The van der Waals surface area contributed by atoms with Gasteiger partial charge in [0, 0.05) is 18.8 Å². The molecule has 1 saturated heterocycles. The number of hydrogen-bond donors (Lipinski definition) is 1. The SMILES string of the molecule is CCC(CC)n1ccc(CN2CCC(C(=O)O)C2C)n1. The van der Waals surface area contributed by atoms with E-state index in [1.807, 2.05) is 17.8 Å².